The Balaban J connectivity index is 0.000000169. The van der Waals surface area contributed by atoms with E-state index in [1.54, 1.807) is 61.8 Å². The summed E-state index contributed by atoms with van der Waals surface area (Å²) < 4.78 is 18.4. The van der Waals surface area contributed by atoms with Crippen molar-refractivity contribution in [3.05, 3.63) is 117 Å². The summed E-state index contributed by atoms with van der Waals surface area (Å²) in [4.78, 5) is 48.6. The van der Waals surface area contributed by atoms with Gasteiger partial charge in [0.1, 0.15) is 6.61 Å². The van der Waals surface area contributed by atoms with Gasteiger partial charge in [-0.25, -0.2) is 9.59 Å². The Morgan fingerprint density at radius 2 is 1.12 bits per heavy atom. The average Bonchev–Trinajstić information content (AvgIpc) is 3.01. The van der Waals surface area contributed by atoms with Gasteiger partial charge >= 0.3 is 11.9 Å². The van der Waals surface area contributed by atoms with Crippen molar-refractivity contribution in [2.45, 2.75) is 6.92 Å². The SMILES string of the molecule is CCOC(=O)c1ccc2sc3ccccc3c(=O)c2c1.COCCOC(=O)c1ccc2c(=O)c3ccccc3sc2c1. The van der Waals surface area contributed by atoms with Crippen LogP contribution in [0, 0.1) is 0 Å². The van der Waals surface area contributed by atoms with Crippen LogP contribution in [0.25, 0.3) is 40.3 Å². The highest BCUT2D eigenvalue weighted by molar-refractivity contribution is 7.25. The van der Waals surface area contributed by atoms with Gasteiger partial charge in [0.05, 0.1) is 24.3 Å². The van der Waals surface area contributed by atoms with E-state index in [0.717, 1.165) is 18.8 Å². The topological polar surface area (TPSA) is 96.0 Å². The Bertz CT molecular complexity index is 2060. The minimum absolute atomic E-state index is 0.0105. The number of carbonyl (C=O) groups excluding carboxylic acids is 2. The molecule has 0 N–H and O–H groups in total. The van der Waals surface area contributed by atoms with Gasteiger partial charge in [0.15, 0.2) is 10.9 Å². The van der Waals surface area contributed by atoms with Gasteiger partial charge in [0.2, 0.25) is 0 Å². The fourth-order valence-corrected chi connectivity index (χ4v) is 6.54. The smallest absolute Gasteiger partial charge is 0.338 e. The molecular formula is C33H26O7S2. The minimum atomic E-state index is -0.410. The second-order valence-corrected chi connectivity index (χ2v) is 11.3. The molecule has 7 nitrogen and oxygen atoms in total. The van der Waals surface area contributed by atoms with Crippen LogP contribution in [-0.4, -0.2) is 38.9 Å². The summed E-state index contributed by atoms with van der Waals surface area (Å²) in [6, 6.07) is 25.1. The molecule has 0 aliphatic rings. The molecular weight excluding hydrogens is 572 g/mol. The number of fused-ring (bicyclic) bond motifs is 4. The zero-order chi connectivity index (χ0) is 29.6. The Morgan fingerprint density at radius 1 is 0.595 bits per heavy atom. The van der Waals surface area contributed by atoms with Crippen LogP contribution in [0.4, 0.5) is 0 Å². The third-order valence-electron chi connectivity index (χ3n) is 6.42. The van der Waals surface area contributed by atoms with Crippen molar-refractivity contribution < 1.29 is 23.8 Å². The number of benzene rings is 4. The van der Waals surface area contributed by atoms with E-state index in [4.69, 9.17) is 14.2 Å². The summed E-state index contributed by atoms with van der Waals surface area (Å²) >= 11 is 3.04. The number of ether oxygens (including phenoxy) is 3. The molecule has 42 heavy (non-hydrogen) atoms. The first kappa shape index (κ1) is 29.1. The monoisotopic (exact) mass is 598 g/mol. The predicted molar refractivity (Wildman–Crippen MR) is 169 cm³/mol. The van der Waals surface area contributed by atoms with Gasteiger partial charge in [-0.3, -0.25) is 9.59 Å². The Kier molecular flexibility index (Phi) is 9.02. The molecule has 0 fully saturated rings. The molecule has 0 saturated carbocycles. The maximum absolute atomic E-state index is 12.5. The van der Waals surface area contributed by atoms with Gasteiger partial charge < -0.3 is 14.2 Å². The van der Waals surface area contributed by atoms with Crippen LogP contribution in [0.2, 0.25) is 0 Å². The summed E-state index contributed by atoms with van der Waals surface area (Å²) in [6.07, 6.45) is 0. The lowest BCUT2D eigenvalue weighted by Crippen LogP contribution is -2.10. The van der Waals surface area contributed by atoms with Crippen LogP contribution in [0.15, 0.2) is 94.5 Å². The molecule has 2 heterocycles. The lowest BCUT2D eigenvalue weighted by Gasteiger charge is -2.05. The van der Waals surface area contributed by atoms with Crippen molar-refractivity contribution in [3.63, 3.8) is 0 Å². The number of methoxy groups -OCH3 is 1. The van der Waals surface area contributed by atoms with Gasteiger partial charge in [-0.2, -0.15) is 0 Å². The van der Waals surface area contributed by atoms with Gasteiger partial charge in [0, 0.05) is 47.5 Å². The van der Waals surface area contributed by atoms with Crippen molar-refractivity contribution in [2.75, 3.05) is 26.9 Å². The van der Waals surface area contributed by atoms with Crippen LogP contribution in [0.1, 0.15) is 27.6 Å². The average molecular weight is 599 g/mol. The van der Waals surface area contributed by atoms with Gasteiger partial charge in [0.25, 0.3) is 0 Å². The first-order valence-corrected chi connectivity index (χ1v) is 14.8. The first-order chi connectivity index (χ1) is 20.4. The van der Waals surface area contributed by atoms with E-state index in [1.807, 2.05) is 48.5 Å². The summed E-state index contributed by atoms with van der Waals surface area (Å²) in [7, 11) is 1.55. The normalized spacial score (nSPS) is 10.9. The molecule has 0 amide bonds. The Labute approximate surface area is 248 Å². The number of hydrogen-bond acceptors (Lipinski definition) is 9. The Hall–Kier alpha value is -4.44. The van der Waals surface area contributed by atoms with E-state index in [-0.39, 0.29) is 17.5 Å². The zero-order valence-electron chi connectivity index (χ0n) is 22.9. The lowest BCUT2D eigenvalue weighted by atomic mass is 10.1. The van der Waals surface area contributed by atoms with Crippen molar-refractivity contribution in [1.29, 1.82) is 0 Å². The van der Waals surface area contributed by atoms with Crippen LogP contribution in [-0.2, 0) is 14.2 Å². The molecule has 4 aromatic carbocycles. The summed E-state index contributed by atoms with van der Waals surface area (Å²) in [5.74, 6) is -0.807. The number of hydrogen-bond donors (Lipinski definition) is 0. The van der Waals surface area contributed by atoms with Gasteiger partial charge in [-0.05, 0) is 67.6 Å². The van der Waals surface area contributed by atoms with E-state index in [9.17, 15) is 19.2 Å². The second kappa shape index (κ2) is 13.0. The highest BCUT2D eigenvalue weighted by Gasteiger charge is 2.12. The third-order valence-corrected chi connectivity index (χ3v) is 8.71. The standard InChI is InChI=1S/C17H14O4S.C16H12O3S/c1-20-8-9-21-17(19)11-6-7-13-15(10-11)22-14-5-3-2-4-12(14)16(13)18;1-2-19-16(18)10-7-8-14-12(9-10)15(17)11-5-3-4-6-13(11)20-14/h2-7,10H,8-9H2,1H3;3-9H,2H2,1H3. The van der Waals surface area contributed by atoms with Crippen molar-refractivity contribution in [2.24, 2.45) is 0 Å². The number of esters is 2. The molecule has 2 aromatic heterocycles. The fourth-order valence-electron chi connectivity index (χ4n) is 4.37. The van der Waals surface area contributed by atoms with E-state index in [0.29, 0.717) is 45.9 Å². The number of rotatable bonds is 6. The van der Waals surface area contributed by atoms with Gasteiger partial charge in [-0.1, -0.05) is 24.3 Å². The van der Waals surface area contributed by atoms with E-state index in [2.05, 4.69) is 0 Å². The summed E-state index contributed by atoms with van der Waals surface area (Å²) in [6.45, 7) is 2.65. The predicted octanol–water partition coefficient (Wildman–Crippen LogP) is 6.81. The molecule has 9 heteroatoms. The second-order valence-electron chi connectivity index (χ2n) is 9.13. The van der Waals surface area contributed by atoms with E-state index in [1.165, 1.54) is 11.3 Å². The lowest BCUT2D eigenvalue weighted by molar-refractivity contribution is 0.0388. The van der Waals surface area contributed by atoms with Gasteiger partial charge in [-0.15, -0.1) is 22.7 Å². The molecule has 212 valence electrons. The molecule has 6 rings (SSSR count). The van der Waals surface area contributed by atoms with Crippen LogP contribution >= 0.6 is 22.7 Å². The van der Waals surface area contributed by atoms with Crippen molar-refractivity contribution in [1.82, 2.24) is 0 Å². The highest BCUT2D eigenvalue weighted by Crippen LogP contribution is 2.26. The molecule has 0 saturated heterocycles. The largest absolute Gasteiger partial charge is 0.462 e. The molecule has 0 atom stereocenters. The van der Waals surface area contributed by atoms with Crippen LogP contribution in [0.5, 0.6) is 0 Å². The quantitative estimate of drug-likeness (QED) is 0.118. The third kappa shape index (κ3) is 6.08. The van der Waals surface area contributed by atoms with E-state index >= 15 is 0 Å². The Morgan fingerprint density at radius 3 is 1.79 bits per heavy atom. The molecule has 0 unspecified atom stereocenters. The van der Waals surface area contributed by atoms with Crippen LogP contribution < -0.4 is 10.9 Å². The highest BCUT2D eigenvalue weighted by atomic mass is 32.1. The molecule has 0 spiro atoms. The summed E-state index contributed by atoms with van der Waals surface area (Å²) in [5.41, 5.74) is 0.803. The first-order valence-electron chi connectivity index (χ1n) is 13.2. The summed E-state index contributed by atoms with van der Waals surface area (Å²) in [5, 5.41) is 2.58. The molecule has 0 aliphatic heterocycles. The fraction of sp³-hybridized carbons (Fsp3) is 0.152. The number of carbonyl (C=O) groups is 2. The van der Waals surface area contributed by atoms with E-state index < -0.39 is 11.9 Å². The van der Waals surface area contributed by atoms with Crippen molar-refractivity contribution >= 4 is 75.0 Å². The molecule has 0 bridgehead atoms. The zero-order valence-corrected chi connectivity index (χ0v) is 24.5. The minimum Gasteiger partial charge on any atom is -0.462 e. The maximum Gasteiger partial charge on any atom is 0.338 e. The van der Waals surface area contributed by atoms with Crippen molar-refractivity contribution in [3.8, 4) is 0 Å². The van der Waals surface area contributed by atoms with Crippen LogP contribution in [0.3, 0.4) is 0 Å². The maximum atomic E-state index is 12.5. The molecule has 6 aromatic rings. The molecule has 0 aliphatic carbocycles. The molecule has 0 radical (unpaired) electrons.